The minimum Gasteiger partial charge on any atom is -0.393 e. The average Bonchev–Trinajstić information content (AvgIpc) is 2.59. The molecule has 1 aliphatic heterocycles. The molecule has 0 spiro atoms. The molecule has 3 aliphatic rings. The van der Waals surface area contributed by atoms with Crippen LogP contribution in [0.1, 0.15) is 52.9 Å². The quantitative estimate of drug-likeness (QED) is 0.598. The van der Waals surface area contributed by atoms with E-state index in [1.54, 1.807) is 19.1 Å². The number of hydrogen-bond donors (Lipinski definition) is 2. The maximum Gasteiger partial charge on any atom is 0.224 e. The van der Waals surface area contributed by atoms with Gasteiger partial charge in [-0.25, -0.2) is 4.89 Å². The van der Waals surface area contributed by atoms with E-state index in [-0.39, 0.29) is 6.61 Å². The first-order valence-corrected chi connectivity index (χ1v) is 8.97. The summed E-state index contributed by atoms with van der Waals surface area (Å²) in [6.07, 6.45) is 10.7. The van der Waals surface area contributed by atoms with Crippen LogP contribution < -0.4 is 0 Å². The van der Waals surface area contributed by atoms with Gasteiger partial charge in [0.2, 0.25) is 5.79 Å². The van der Waals surface area contributed by atoms with Crippen LogP contribution in [0.25, 0.3) is 0 Å². The lowest BCUT2D eigenvalue weighted by molar-refractivity contribution is -0.480. The normalized spacial score (nSPS) is 48.4. The van der Waals surface area contributed by atoms with Gasteiger partial charge in [-0.05, 0) is 69.9 Å². The Morgan fingerprint density at radius 3 is 2.62 bits per heavy atom. The predicted octanol–water partition coefficient (Wildman–Crippen LogP) is 3.66. The summed E-state index contributed by atoms with van der Waals surface area (Å²) in [7, 11) is 0. The van der Waals surface area contributed by atoms with Gasteiger partial charge in [0.25, 0.3) is 0 Å². The molecule has 1 saturated carbocycles. The van der Waals surface area contributed by atoms with Gasteiger partial charge < -0.3 is 10.2 Å². The summed E-state index contributed by atoms with van der Waals surface area (Å²) in [5.74, 6) is -0.723. The Morgan fingerprint density at radius 1 is 1.25 bits per heavy atom. The van der Waals surface area contributed by atoms with Crippen LogP contribution in [0.3, 0.4) is 0 Å². The number of hydrogen-bond acceptors (Lipinski definition) is 4. The van der Waals surface area contributed by atoms with E-state index < -0.39 is 16.8 Å². The lowest BCUT2D eigenvalue weighted by atomic mass is 9.48. The van der Waals surface area contributed by atoms with Crippen LogP contribution in [0, 0.1) is 17.3 Å². The maximum atomic E-state index is 11.1. The molecule has 134 valence electrons. The second-order valence-corrected chi connectivity index (χ2v) is 8.29. The Labute approximate surface area is 144 Å². The van der Waals surface area contributed by atoms with Crippen LogP contribution in [-0.4, -0.2) is 28.2 Å². The van der Waals surface area contributed by atoms with Crippen molar-refractivity contribution in [3.63, 3.8) is 0 Å². The van der Waals surface area contributed by atoms with E-state index in [4.69, 9.17) is 9.78 Å². The first-order chi connectivity index (χ1) is 11.2. The highest BCUT2D eigenvalue weighted by atomic mass is 17.2. The Balaban J connectivity index is 1.84. The molecular weight excluding hydrogens is 304 g/mol. The minimum atomic E-state index is -1.46. The molecule has 0 unspecified atom stereocenters. The van der Waals surface area contributed by atoms with E-state index in [1.165, 1.54) is 11.1 Å². The van der Waals surface area contributed by atoms with Crippen molar-refractivity contribution in [1.29, 1.82) is 0 Å². The summed E-state index contributed by atoms with van der Waals surface area (Å²) in [5, 5.41) is 20.5. The Morgan fingerprint density at radius 2 is 2.00 bits per heavy atom. The number of aliphatic hydroxyl groups is 2. The van der Waals surface area contributed by atoms with Crippen molar-refractivity contribution in [1.82, 2.24) is 0 Å². The number of rotatable bonds is 2. The topological polar surface area (TPSA) is 58.9 Å². The summed E-state index contributed by atoms with van der Waals surface area (Å²) < 4.78 is 0. The summed E-state index contributed by atoms with van der Waals surface area (Å²) in [4.78, 5) is 10.8. The Bertz CT molecular complexity index is 580. The van der Waals surface area contributed by atoms with E-state index >= 15 is 0 Å². The van der Waals surface area contributed by atoms with Gasteiger partial charge in [-0.1, -0.05) is 30.7 Å². The van der Waals surface area contributed by atoms with Crippen molar-refractivity contribution in [2.75, 3.05) is 6.61 Å². The number of allylic oxidation sites excluding steroid dienone is 3. The molecule has 4 heteroatoms. The van der Waals surface area contributed by atoms with Gasteiger partial charge in [-0.15, -0.1) is 0 Å². The van der Waals surface area contributed by atoms with Gasteiger partial charge in [0.15, 0.2) is 0 Å². The van der Waals surface area contributed by atoms with Crippen molar-refractivity contribution >= 4 is 0 Å². The first kappa shape index (κ1) is 17.9. The lowest BCUT2D eigenvalue weighted by Gasteiger charge is -2.60. The lowest BCUT2D eigenvalue weighted by Crippen LogP contribution is -2.63. The van der Waals surface area contributed by atoms with E-state index in [9.17, 15) is 10.2 Å². The summed E-state index contributed by atoms with van der Waals surface area (Å²) in [6, 6.07) is 0. The molecule has 3 rings (SSSR count). The third-order valence-electron chi connectivity index (χ3n) is 6.43. The Kier molecular flexibility index (Phi) is 4.54. The molecule has 4 nitrogen and oxygen atoms in total. The minimum absolute atomic E-state index is 0.191. The van der Waals surface area contributed by atoms with Gasteiger partial charge in [0, 0.05) is 5.41 Å². The number of aliphatic hydroxyl groups excluding tert-OH is 1. The SMILES string of the molecule is C=C1CC/C=C(/C)CC[C@H]2[C@H]1C[C@]2(C)[C@@]1(O)C=C[C@](C)(CO)OO1. The Hall–Kier alpha value is -0.940. The molecule has 2 N–H and O–H groups in total. The largest absolute Gasteiger partial charge is 0.393 e. The van der Waals surface area contributed by atoms with Crippen LogP contribution in [0.2, 0.25) is 0 Å². The fraction of sp³-hybridized carbons (Fsp3) is 0.700. The fourth-order valence-corrected chi connectivity index (χ4v) is 4.44. The van der Waals surface area contributed by atoms with Crippen LogP contribution in [0.5, 0.6) is 0 Å². The summed E-state index contributed by atoms with van der Waals surface area (Å²) in [5.41, 5.74) is 1.38. The maximum absolute atomic E-state index is 11.1. The molecule has 0 amide bonds. The van der Waals surface area contributed by atoms with Gasteiger partial charge >= 0.3 is 0 Å². The van der Waals surface area contributed by atoms with Crippen molar-refractivity contribution in [3.05, 3.63) is 36.0 Å². The van der Waals surface area contributed by atoms with Gasteiger partial charge in [-0.3, -0.25) is 0 Å². The van der Waals surface area contributed by atoms with Crippen LogP contribution in [0.15, 0.2) is 36.0 Å². The van der Waals surface area contributed by atoms with E-state index in [2.05, 4.69) is 26.5 Å². The third kappa shape index (κ3) is 2.80. The molecule has 0 bridgehead atoms. The van der Waals surface area contributed by atoms with E-state index in [1.807, 2.05) is 0 Å². The molecule has 1 heterocycles. The monoisotopic (exact) mass is 334 g/mol. The molecule has 24 heavy (non-hydrogen) atoms. The molecule has 0 aromatic rings. The van der Waals surface area contributed by atoms with Crippen molar-refractivity contribution < 1.29 is 20.0 Å². The molecule has 0 radical (unpaired) electrons. The van der Waals surface area contributed by atoms with E-state index in [0.29, 0.717) is 11.8 Å². The third-order valence-corrected chi connectivity index (χ3v) is 6.43. The van der Waals surface area contributed by atoms with Crippen LogP contribution in [-0.2, 0) is 9.78 Å². The standard InChI is InChI=1S/C20H30O4/c1-14-6-5-7-15(2)16-12-19(4,17(16)9-8-14)20(22)11-10-18(3,13-21)23-24-20/h6,10-11,16-17,21-22H,2,5,7-9,12-13H2,1,3-4H3/b14-6-/t16-,17-,18+,19-,20+/m0/s1. The zero-order valence-electron chi connectivity index (χ0n) is 15.0. The summed E-state index contributed by atoms with van der Waals surface area (Å²) >= 11 is 0. The molecule has 5 atom stereocenters. The highest BCUT2D eigenvalue weighted by molar-refractivity contribution is 5.23. The predicted molar refractivity (Wildman–Crippen MR) is 92.8 cm³/mol. The molecular formula is C20H30O4. The van der Waals surface area contributed by atoms with Crippen molar-refractivity contribution in [2.24, 2.45) is 17.3 Å². The van der Waals surface area contributed by atoms with Crippen molar-refractivity contribution in [2.45, 2.75) is 64.3 Å². The fourth-order valence-electron chi connectivity index (χ4n) is 4.44. The highest BCUT2D eigenvalue weighted by Gasteiger charge is 2.63. The van der Waals surface area contributed by atoms with Gasteiger partial charge in [0.05, 0.1) is 6.61 Å². The zero-order valence-corrected chi connectivity index (χ0v) is 15.0. The zero-order chi connectivity index (χ0) is 17.6. The molecule has 0 aromatic heterocycles. The molecule has 2 aliphatic carbocycles. The number of fused-ring (bicyclic) bond motifs is 1. The smallest absolute Gasteiger partial charge is 0.224 e. The summed E-state index contributed by atoms with van der Waals surface area (Å²) in [6.45, 7) is 10.1. The van der Waals surface area contributed by atoms with Gasteiger partial charge in [0.1, 0.15) is 5.60 Å². The molecule has 0 saturated heterocycles. The second-order valence-electron chi connectivity index (χ2n) is 8.29. The van der Waals surface area contributed by atoms with E-state index in [0.717, 1.165) is 32.1 Å². The molecule has 1 fully saturated rings. The van der Waals surface area contributed by atoms with Crippen LogP contribution >= 0.6 is 0 Å². The highest BCUT2D eigenvalue weighted by Crippen LogP contribution is 2.63. The average molecular weight is 334 g/mol. The second kappa shape index (κ2) is 6.10. The molecule has 0 aromatic carbocycles. The van der Waals surface area contributed by atoms with Crippen LogP contribution in [0.4, 0.5) is 0 Å². The van der Waals surface area contributed by atoms with Crippen molar-refractivity contribution in [3.8, 4) is 0 Å². The van der Waals surface area contributed by atoms with Gasteiger partial charge in [-0.2, -0.15) is 4.89 Å². The first-order valence-electron chi connectivity index (χ1n) is 8.97.